The van der Waals surface area contributed by atoms with E-state index in [9.17, 15) is 18.0 Å². The Bertz CT molecular complexity index is 1680. The molecule has 0 amide bonds. The van der Waals surface area contributed by atoms with Gasteiger partial charge in [-0.3, -0.25) is 9.79 Å². The highest BCUT2D eigenvalue weighted by atomic mass is 19.3. The highest BCUT2D eigenvalue weighted by Crippen LogP contribution is 2.46. The number of rotatable bonds is 4. The molecular weight excluding hydrogens is 505 g/mol. The third-order valence-electron chi connectivity index (χ3n) is 7.87. The number of halogens is 3. The summed E-state index contributed by atoms with van der Waals surface area (Å²) < 4.78 is 45.5. The zero-order chi connectivity index (χ0) is 27.4. The van der Waals surface area contributed by atoms with Crippen LogP contribution in [-0.2, 0) is 7.05 Å². The van der Waals surface area contributed by atoms with Gasteiger partial charge in [0, 0.05) is 42.0 Å². The average Bonchev–Trinajstić information content (AvgIpc) is 3.30. The van der Waals surface area contributed by atoms with Crippen molar-refractivity contribution in [3.8, 4) is 22.5 Å². The minimum atomic E-state index is -2.92. The molecule has 0 bridgehead atoms. The molecule has 1 fully saturated rings. The summed E-state index contributed by atoms with van der Waals surface area (Å²) in [7, 11) is 1.71. The van der Waals surface area contributed by atoms with Crippen LogP contribution in [0.4, 0.5) is 19.0 Å². The van der Waals surface area contributed by atoms with Crippen molar-refractivity contribution in [1.29, 1.82) is 0 Å². The fourth-order valence-corrected chi connectivity index (χ4v) is 5.93. The van der Waals surface area contributed by atoms with Gasteiger partial charge in [0.2, 0.25) is 5.56 Å². The third-order valence-corrected chi connectivity index (χ3v) is 7.87. The number of pyridine rings is 2. The highest BCUT2D eigenvalue weighted by Gasteiger charge is 2.38. The second kappa shape index (κ2) is 9.66. The van der Waals surface area contributed by atoms with E-state index in [0.29, 0.717) is 16.9 Å². The van der Waals surface area contributed by atoms with Crippen molar-refractivity contribution < 1.29 is 13.2 Å². The van der Waals surface area contributed by atoms with Crippen molar-refractivity contribution in [2.24, 2.45) is 12.0 Å². The number of nitrogens with one attached hydrogen (secondary N) is 1. The summed E-state index contributed by atoms with van der Waals surface area (Å²) >= 11 is 0. The molecule has 1 aromatic carbocycles. The van der Waals surface area contributed by atoms with Crippen LogP contribution in [0.2, 0.25) is 0 Å². The van der Waals surface area contributed by atoms with Crippen molar-refractivity contribution in [2.45, 2.75) is 64.1 Å². The van der Waals surface area contributed by atoms with Crippen LogP contribution >= 0.6 is 0 Å². The lowest BCUT2D eigenvalue weighted by Crippen LogP contribution is -2.27. The van der Waals surface area contributed by atoms with Gasteiger partial charge in [0.05, 0.1) is 23.2 Å². The zero-order valence-corrected chi connectivity index (χ0v) is 22.0. The first-order chi connectivity index (χ1) is 18.7. The number of fused-ring (bicyclic) bond motifs is 5. The molecule has 10 heteroatoms. The van der Waals surface area contributed by atoms with E-state index in [-0.39, 0.29) is 23.2 Å². The van der Waals surface area contributed by atoms with Gasteiger partial charge in [0.25, 0.3) is 6.43 Å². The van der Waals surface area contributed by atoms with Crippen molar-refractivity contribution >= 4 is 5.82 Å². The molecule has 4 heterocycles. The molecular formula is C29H29F3N6O. The molecule has 0 saturated heterocycles. The summed E-state index contributed by atoms with van der Waals surface area (Å²) in [5, 5.41) is 3.72. The molecule has 1 saturated carbocycles. The number of alkyl halides is 2. The van der Waals surface area contributed by atoms with Crippen molar-refractivity contribution in [1.82, 2.24) is 19.1 Å². The van der Waals surface area contributed by atoms with Gasteiger partial charge in [-0.15, -0.1) is 0 Å². The molecule has 39 heavy (non-hydrogen) atoms. The van der Waals surface area contributed by atoms with Crippen LogP contribution in [0, 0.1) is 12.7 Å². The van der Waals surface area contributed by atoms with Crippen molar-refractivity contribution in [2.75, 3.05) is 5.32 Å². The summed E-state index contributed by atoms with van der Waals surface area (Å²) in [6.45, 7) is 3.46. The standard InChI is InChI=1S/C29H29F3N6O/c1-15(18-7-6-8-19(25(18)30)26(31)32)33-27-21-13-20(17-11-12-24(39)37(3)14-17)28-36-22-9-4-5-10-23(22)38(28)29(21)35-16(2)34-27/h6-8,11-15,22-23,26,36H,4-5,9-10H2,1-3H3. The predicted octanol–water partition coefficient (Wildman–Crippen LogP) is 5.70. The first kappa shape index (κ1) is 25.3. The second-order valence-corrected chi connectivity index (χ2v) is 10.4. The fraction of sp³-hybridized carbons (Fsp3) is 0.379. The Morgan fingerprint density at radius 1 is 1.08 bits per heavy atom. The Labute approximate surface area is 223 Å². The fourth-order valence-electron chi connectivity index (χ4n) is 5.93. The minimum Gasteiger partial charge on any atom is -0.366 e. The minimum absolute atomic E-state index is 0.0818. The number of hydrogen-bond acceptors (Lipinski definition) is 5. The number of nitrogens with zero attached hydrogens (tertiary/aromatic N) is 5. The lowest BCUT2D eigenvalue weighted by atomic mass is 9.91. The van der Waals surface area contributed by atoms with E-state index in [4.69, 9.17) is 9.98 Å². The smallest absolute Gasteiger partial charge is 0.266 e. The van der Waals surface area contributed by atoms with E-state index >= 15 is 0 Å². The Morgan fingerprint density at radius 3 is 2.62 bits per heavy atom. The molecule has 1 N–H and O–H groups in total. The molecule has 3 aliphatic heterocycles. The molecule has 0 spiro atoms. The SMILES string of the molecule is Cc1nc2n3c(c(-c4ccc(=O)n(C)c4)cc-2c(=NC(C)c2cccc(C(F)F)c2F)n1)NC1CCCCC13. The molecule has 1 aliphatic carbocycles. The van der Waals surface area contributed by atoms with E-state index in [1.165, 1.54) is 22.8 Å². The molecule has 0 radical (unpaired) electrons. The van der Waals surface area contributed by atoms with E-state index in [0.717, 1.165) is 54.5 Å². The van der Waals surface area contributed by atoms with Crippen molar-refractivity contribution in [3.63, 3.8) is 0 Å². The second-order valence-electron chi connectivity index (χ2n) is 10.4. The van der Waals surface area contributed by atoms with Crippen molar-refractivity contribution in [3.05, 3.63) is 81.2 Å². The molecule has 3 unspecified atom stereocenters. The zero-order valence-electron chi connectivity index (χ0n) is 22.0. The maximum Gasteiger partial charge on any atom is 0.266 e. The first-order valence-corrected chi connectivity index (χ1v) is 13.2. The van der Waals surface area contributed by atoms with Gasteiger partial charge >= 0.3 is 0 Å². The summed E-state index contributed by atoms with van der Waals surface area (Å²) in [6.07, 6.45) is 3.17. The molecule has 202 valence electrons. The first-order valence-electron chi connectivity index (χ1n) is 13.2. The lowest BCUT2D eigenvalue weighted by Gasteiger charge is -2.27. The highest BCUT2D eigenvalue weighted by molar-refractivity contribution is 5.82. The monoisotopic (exact) mass is 534 g/mol. The number of anilines is 1. The van der Waals surface area contributed by atoms with E-state index in [2.05, 4.69) is 14.9 Å². The Balaban J connectivity index is 1.60. The lowest BCUT2D eigenvalue weighted by molar-refractivity contribution is 0.146. The van der Waals surface area contributed by atoms with Gasteiger partial charge in [-0.25, -0.2) is 23.1 Å². The van der Waals surface area contributed by atoms with Gasteiger partial charge in [0.1, 0.15) is 23.3 Å². The van der Waals surface area contributed by atoms with E-state index in [1.807, 2.05) is 6.07 Å². The maximum atomic E-state index is 15.0. The number of aryl methyl sites for hydroxylation is 2. The Morgan fingerprint density at radius 2 is 1.85 bits per heavy atom. The summed E-state index contributed by atoms with van der Waals surface area (Å²) in [5.41, 5.74) is 2.11. The van der Waals surface area contributed by atoms with Crippen LogP contribution < -0.4 is 16.4 Å². The van der Waals surface area contributed by atoms with Crippen LogP contribution in [0.3, 0.4) is 0 Å². The van der Waals surface area contributed by atoms with Gasteiger partial charge in [-0.05, 0) is 38.8 Å². The van der Waals surface area contributed by atoms with Gasteiger partial charge in [-0.2, -0.15) is 0 Å². The summed E-state index contributed by atoms with van der Waals surface area (Å²) in [4.78, 5) is 26.3. The van der Waals surface area contributed by atoms with Gasteiger partial charge in [0.15, 0.2) is 5.49 Å². The average molecular weight is 535 g/mol. The third kappa shape index (κ3) is 4.31. The molecule has 1 aromatic heterocycles. The van der Waals surface area contributed by atoms with Crippen LogP contribution in [-0.4, -0.2) is 25.1 Å². The van der Waals surface area contributed by atoms with E-state index < -0.39 is 23.8 Å². The predicted molar refractivity (Wildman–Crippen MR) is 142 cm³/mol. The number of hydrogen-bond donors (Lipinski definition) is 1. The molecule has 7 nitrogen and oxygen atoms in total. The topological polar surface area (TPSA) is 77.1 Å². The van der Waals surface area contributed by atoms with Gasteiger partial charge < -0.3 is 14.5 Å². The molecule has 3 atom stereocenters. The van der Waals surface area contributed by atoms with Gasteiger partial charge in [-0.1, -0.05) is 31.0 Å². The largest absolute Gasteiger partial charge is 0.366 e. The van der Waals surface area contributed by atoms with Crippen LogP contribution in [0.15, 0.2) is 52.4 Å². The van der Waals surface area contributed by atoms with Crippen LogP contribution in [0.1, 0.15) is 68.1 Å². The molecule has 6 rings (SSSR count). The normalized spacial score (nSPS) is 19.7. The molecule has 2 aromatic rings. The Hall–Kier alpha value is -3.95. The summed E-state index contributed by atoms with van der Waals surface area (Å²) in [6, 6.07) is 8.98. The number of benzene rings is 1. The van der Waals surface area contributed by atoms with E-state index in [1.54, 1.807) is 33.2 Å². The maximum absolute atomic E-state index is 15.0. The molecule has 4 aliphatic rings. The van der Waals surface area contributed by atoms with Crippen LogP contribution in [0.5, 0.6) is 0 Å². The van der Waals surface area contributed by atoms with Crippen LogP contribution in [0.25, 0.3) is 22.5 Å². The summed E-state index contributed by atoms with van der Waals surface area (Å²) in [5.74, 6) is 1.22. The number of aromatic nitrogens is 4. The Kier molecular flexibility index (Phi) is 6.28. The quantitative estimate of drug-likeness (QED) is 0.364.